The summed E-state index contributed by atoms with van der Waals surface area (Å²) in [6.45, 7) is 1.52. The van der Waals surface area contributed by atoms with Gasteiger partial charge >= 0.3 is 0 Å². The van der Waals surface area contributed by atoms with Crippen molar-refractivity contribution in [2.24, 2.45) is 0 Å². The van der Waals surface area contributed by atoms with Gasteiger partial charge in [-0.1, -0.05) is 6.07 Å². The third-order valence-electron chi connectivity index (χ3n) is 4.35. The summed E-state index contributed by atoms with van der Waals surface area (Å²) in [5.41, 5.74) is 1.54. The summed E-state index contributed by atoms with van der Waals surface area (Å²) in [6, 6.07) is 5.76. The number of carbonyl (C=O) groups is 1. The first-order valence-electron chi connectivity index (χ1n) is 7.54. The lowest BCUT2D eigenvalue weighted by Crippen LogP contribution is -2.38. The number of rotatable bonds is 2. The summed E-state index contributed by atoms with van der Waals surface area (Å²) in [6.07, 6.45) is 9.04. The Kier molecular flexibility index (Phi) is 3.14. The van der Waals surface area contributed by atoms with Gasteiger partial charge in [0.2, 0.25) is 0 Å². The number of nitrogens with one attached hydrogen (secondary N) is 1. The topological polar surface area (TPSA) is 66.3 Å². The number of piperidine rings is 1. The highest BCUT2D eigenvalue weighted by atomic mass is 16.2. The standard InChI is InChI=1S/C16H17N5O/c22-16(13-11-19-21-8-2-1-3-14(13)21)20-9-4-12(5-10-20)15-17-6-7-18-15/h1-3,6-8,11-12H,4-5,9-10H2,(H,17,18). The Balaban J connectivity index is 1.50. The molecule has 0 aromatic carbocycles. The van der Waals surface area contributed by atoms with E-state index in [4.69, 9.17) is 0 Å². The zero-order valence-corrected chi connectivity index (χ0v) is 12.1. The second-order valence-corrected chi connectivity index (χ2v) is 5.63. The van der Waals surface area contributed by atoms with Crippen LogP contribution in [0.4, 0.5) is 0 Å². The van der Waals surface area contributed by atoms with Crippen molar-refractivity contribution in [3.8, 4) is 0 Å². The van der Waals surface area contributed by atoms with E-state index in [0.717, 1.165) is 37.3 Å². The number of pyridine rings is 1. The number of imidazole rings is 1. The summed E-state index contributed by atoms with van der Waals surface area (Å²) < 4.78 is 1.74. The number of fused-ring (bicyclic) bond motifs is 1. The van der Waals surface area contributed by atoms with Crippen molar-refractivity contribution in [3.05, 3.63) is 54.4 Å². The van der Waals surface area contributed by atoms with Gasteiger partial charge < -0.3 is 9.88 Å². The summed E-state index contributed by atoms with van der Waals surface area (Å²) >= 11 is 0. The molecule has 0 atom stereocenters. The Labute approximate surface area is 127 Å². The van der Waals surface area contributed by atoms with Gasteiger partial charge in [0, 0.05) is 37.6 Å². The number of amides is 1. The summed E-state index contributed by atoms with van der Waals surface area (Å²) in [5, 5.41) is 4.24. The molecule has 4 rings (SSSR count). The molecule has 0 unspecified atom stereocenters. The molecule has 0 aliphatic carbocycles. The summed E-state index contributed by atoms with van der Waals surface area (Å²) in [5.74, 6) is 1.52. The average Bonchev–Trinajstić information content (AvgIpc) is 3.24. The second kappa shape index (κ2) is 5.29. The molecule has 1 amide bonds. The molecule has 4 heterocycles. The van der Waals surface area contributed by atoms with E-state index in [1.165, 1.54) is 0 Å². The Hall–Kier alpha value is -2.63. The quantitative estimate of drug-likeness (QED) is 0.787. The van der Waals surface area contributed by atoms with Gasteiger partial charge in [-0.15, -0.1) is 0 Å². The molecule has 3 aromatic rings. The summed E-state index contributed by atoms with van der Waals surface area (Å²) in [4.78, 5) is 22.1. The lowest BCUT2D eigenvalue weighted by molar-refractivity contribution is 0.0713. The molecule has 1 aliphatic heterocycles. The number of aromatic nitrogens is 4. The number of H-pyrrole nitrogens is 1. The van der Waals surface area contributed by atoms with Gasteiger partial charge in [0.15, 0.2) is 0 Å². The fourth-order valence-corrected chi connectivity index (χ4v) is 3.13. The van der Waals surface area contributed by atoms with Crippen LogP contribution in [0, 0.1) is 0 Å². The lowest BCUT2D eigenvalue weighted by Gasteiger charge is -2.31. The summed E-state index contributed by atoms with van der Waals surface area (Å²) in [7, 11) is 0. The maximum atomic E-state index is 12.7. The molecule has 22 heavy (non-hydrogen) atoms. The third kappa shape index (κ3) is 2.16. The van der Waals surface area contributed by atoms with Gasteiger partial charge in [0.25, 0.3) is 5.91 Å². The van der Waals surface area contributed by atoms with Crippen LogP contribution in [0.3, 0.4) is 0 Å². The number of hydrogen-bond acceptors (Lipinski definition) is 3. The van der Waals surface area contributed by atoms with Gasteiger partial charge in [-0.05, 0) is 25.0 Å². The average molecular weight is 295 g/mol. The van der Waals surface area contributed by atoms with E-state index in [0.29, 0.717) is 11.5 Å². The zero-order chi connectivity index (χ0) is 14.9. The van der Waals surface area contributed by atoms with Crippen LogP contribution in [0.15, 0.2) is 43.0 Å². The van der Waals surface area contributed by atoms with Gasteiger partial charge in [0.1, 0.15) is 5.82 Å². The van der Waals surface area contributed by atoms with E-state index in [-0.39, 0.29) is 5.91 Å². The van der Waals surface area contributed by atoms with Gasteiger partial charge in [0.05, 0.1) is 17.3 Å². The number of likely N-dealkylation sites (tertiary alicyclic amines) is 1. The smallest absolute Gasteiger partial charge is 0.257 e. The SMILES string of the molecule is O=C(c1cnn2ccccc12)N1CCC(c2ncc[nH]2)CC1. The van der Waals surface area contributed by atoms with E-state index in [9.17, 15) is 4.79 Å². The molecule has 1 N–H and O–H groups in total. The zero-order valence-electron chi connectivity index (χ0n) is 12.1. The number of aromatic amines is 1. The van der Waals surface area contributed by atoms with E-state index < -0.39 is 0 Å². The van der Waals surface area contributed by atoms with Crippen LogP contribution < -0.4 is 0 Å². The molecular formula is C16H17N5O. The molecule has 1 fully saturated rings. The van der Waals surface area contributed by atoms with E-state index in [2.05, 4.69) is 15.1 Å². The molecular weight excluding hydrogens is 278 g/mol. The minimum atomic E-state index is 0.0686. The molecule has 3 aromatic heterocycles. The first-order valence-corrected chi connectivity index (χ1v) is 7.54. The Morgan fingerprint density at radius 1 is 1.27 bits per heavy atom. The Bertz CT molecular complexity index is 784. The molecule has 0 radical (unpaired) electrons. The minimum Gasteiger partial charge on any atom is -0.348 e. The van der Waals surface area contributed by atoms with Crippen LogP contribution >= 0.6 is 0 Å². The fraction of sp³-hybridized carbons (Fsp3) is 0.312. The first kappa shape index (κ1) is 13.1. The van der Waals surface area contributed by atoms with Crippen LogP contribution in [0.5, 0.6) is 0 Å². The van der Waals surface area contributed by atoms with Crippen LogP contribution in [-0.2, 0) is 0 Å². The van der Waals surface area contributed by atoms with Crippen molar-refractivity contribution in [2.45, 2.75) is 18.8 Å². The van der Waals surface area contributed by atoms with E-state index in [1.54, 1.807) is 16.9 Å². The molecule has 1 saturated heterocycles. The highest BCUT2D eigenvalue weighted by molar-refractivity contribution is 6.00. The van der Waals surface area contributed by atoms with E-state index in [1.807, 2.05) is 35.5 Å². The van der Waals surface area contributed by atoms with Crippen molar-refractivity contribution in [2.75, 3.05) is 13.1 Å². The largest absolute Gasteiger partial charge is 0.348 e. The van der Waals surface area contributed by atoms with Gasteiger partial charge in [-0.2, -0.15) is 5.10 Å². The highest BCUT2D eigenvalue weighted by Crippen LogP contribution is 2.26. The minimum absolute atomic E-state index is 0.0686. The highest BCUT2D eigenvalue weighted by Gasteiger charge is 2.27. The van der Waals surface area contributed by atoms with Crippen molar-refractivity contribution in [3.63, 3.8) is 0 Å². The van der Waals surface area contributed by atoms with Gasteiger partial charge in [-0.25, -0.2) is 9.50 Å². The molecule has 0 spiro atoms. The first-order chi connectivity index (χ1) is 10.8. The molecule has 6 heteroatoms. The van der Waals surface area contributed by atoms with Crippen LogP contribution in [0.2, 0.25) is 0 Å². The van der Waals surface area contributed by atoms with Crippen LogP contribution in [-0.4, -0.2) is 43.5 Å². The fourth-order valence-electron chi connectivity index (χ4n) is 3.13. The molecule has 0 saturated carbocycles. The third-order valence-corrected chi connectivity index (χ3v) is 4.35. The van der Waals surface area contributed by atoms with Crippen LogP contribution in [0.25, 0.3) is 5.52 Å². The molecule has 112 valence electrons. The normalized spacial score (nSPS) is 16.3. The van der Waals surface area contributed by atoms with Crippen molar-refractivity contribution >= 4 is 11.4 Å². The number of hydrogen-bond donors (Lipinski definition) is 1. The number of nitrogens with zero attached hydrogens (tertiary/aromatic N) is 4. The molecule has 6 nitrogen and oxygen atoms in total. The number of carbonyl (C=O) groups excluding carboxylic acids is 1. The second-order valence-electron chi connectivity index (χ2n) is 5.63. The van der Waals surface area contributed by atoms with Crippen molar-refractivity contribution in [1.82, 2.24) is 24.5 Å². The van der Waals surface area contributed by atoms with E-state index >= 15 is 0 Å². The Morgan fingerprint density at radius 2 is 2.14 bits per heavy atom. The van der Waals surface area contributed by atoms with Crippen molar-refractivity contribution < 1.29 is 4.79 Å². The predicted octanol–water partition coefficient (Wildman–Crippen LogP) is 2.08. The monoisotopic (exact) mass is 295 g/mol. The predicted molar refractivity (Wildman–Crippen MR) is 81.7 cm³/mol. The van der Waals surface area contributed by atoms with Crippen molar-refractivity contribution in [1.29, 1.82) is 0 Å². The molecule has 1 aliphatic rings. The maximum Gasteiger partial charge on any atom is 0.257 e. The van der Waals surface area contributed by atoms with Gasteiger partial charge in [-0.3, -0.25) is 4.79 Å². The Morgan fingerprint density at radius 3 is 2.91 bits per heavy atom. The van der Waals surface area contributed by atoms with Crippen LogP contribution in [0.1, 0.15) is 34.9 Å². The molecule has 0 bridgehead atoms. The maximum absolute atomic E-state index is 12.7. The lowest BCUT2D eigenvalue weighted by atomic mass is 9.96.